The first-order chi connectivity index (χ1) is 9.06. The average Bonchev–Trinajstić information content (AvgIpc) is 2.67. The smallest absolute Gasteiger partial charge is 0.163 e. The number of aromatic nitrogens is 3. The van der Waals surface area contributed by atoms with Crippen LogP contribution in [0.2, 0.25) is 0 Å². The molecule has 1 aromatic carbocycles. The van der Waals surface area contributed by atoms with Gasteiger partial charge in [0.2, 0.25) is 0 Å². The van der Waals surface area contributed by atoms with Crippen LogP contribution >= 0.6 is 0 Å². The number of benzene rings is 1. The lowest BCUT2D eigenvalue weighted by Crippen LogP contribution is -1.99. The van der Waals surface area contributed by atoms with Crippen molar-refractivity contribution in [2.24, 2.45) is 0 Å². The highest BCUT2D eigenvalue weighted by Crippen LogP contribution is 2.24. The number of nitrogen functional groups attached to an aromatic ring is 1. The Morgan fingerprint density at radius 1 is 1.05 bits per heavy atom. The fourth-order valence-corrected chi connectivity index (χ4v) is 2.46. The fraction of sp³-hybridized carbons (Fsp3) is 0.200. The minimum absolute atomic E-state index is 0.747. The summed E-state index contributed by atoms with van der Waals surface area (Å²) in [6.07, 6.45) is 0. The van der Waals surface area contributed by atoms with Crippen molar-refractivity contribution >= 4 is 16.7 Å². The first-order valence-corrected chi connectivity index (χ1v) is 6.26. The van der Waals surface area contributed by atoms with Crippen LogP contribution in [0.25, 0.3) is 16.7 Å². The van der Waals surface area contributed by atoms with Gasteiger partial charge in [-0.1, -0.05) is 0 Å². The predicted octanol–water partition coefficient (Wildman–Crippen LogP) is 2.93. The zero-order chi connectivity index (χ0) is 13.6. The molecule has 0 saturated carbocycles. The SMILES string of the molecule is Cc1cc(C)c2c(C)nn(-c3ccc(N)cc3)c2n1. The van der Waals surface area contributed by atoms with Gasteiger partial charge in [-0.15, -0.1) is 0 Å². The standard InChI is InChI=1S/C15H16N4/c1-9-8-10(2)17-15-14(9)11(3)18-19(15)13-6-4-12(16)5-7-13/h4-8H,16H2,1-3H3. The van der Waals surface area contributed by atoms with E-state index >= 15 is 0 Å². The minimum Gasteiger partial charge on any atom is -0.399 e. The molecule has 0 amide bonds. The summed E-state index contributed by atoms with van der Waals surface area (Å²) in [4.78, 5) is 4.63. The van der Waals surface area contributed by atoms with Gasteiger partial charge in [0, 0.05) is 16.8 Å². The molecule has 0 unspecified atom stereocenters. The Balaban J connectivity index is 2.33. The largest absolute Gasteiger partial charge is 0.399 e. The van der Waals surface area contributed by atoms with E-state index in [2.05, 4.69) is 23.1 Å². The Labute approximate surface area is 111 Å². The van der Waals surface area contributed by atoms with Crippen molar-refractivity contribution in [2.75, 3.05) is 5.73 Å². The second-order valence-corrected chi connectivity index (χ2v) is 4.87. The molecular formula is C15H16N4. The van der Waals surface area contributed by atoms with Gasteiger partial charge in [-0.2, -0.15) is 5.10 Å². The molecule has 0 aliphatic rings. The molecule has 2 heterocycles. The highest BCUT2D eigenvalue weighted by Gasteiger charge is 2.12. The number of hydrogen-bond acceptors (Lipinski definition) is 3. The molecule has 0 bridgehead atoms. The van der Waals surface area contributed by atoms with Crippen molar-refractivity contribution in [3.63, 3.8) is 0 Å². The summed E-state index contributed by atoms with van der Waals surface area (Å²) in [6.45, 7) is 6.11. The van der Waals surface area contributed by atoms with Gasteiger partial charge in [0.25, 0.3) is 0 Å². The number of nitrogens with zero attached hydrogens (tertiary/aromatic N) is 3. The molecule has 96 valence electrons. The van der Waals surface area contributed by atoms with Gasteiger partial charge in [0.15, 0.2) is 5.65 Å². The molecule has 3 aromatic rings. The molecule has 0 saturated heterocycles. The molecule has 4 heteroatoms. The van der Waals surface area contributed by atoms with E-state index in [4.69, 9.17) is 5.73 Å². The first kappa shape index (κ1) is 11.7. The summed E-state index contributed by atoms with van der Waals surface area (Å²) >= 11 is 0. The van der Waals surface area contributed by atoms with E-state index < -0.39 is 0 Å². The number of hydrogen-bond donors (Lipinski definition) is 1. The second kappa shape index (κ2) is 4.09. The summed E-state index contributed by atoms with van der Waals surface area (Å²) in [5.41, 5.74) is 11.6. The molecule has 4 nitrogen and oxygen atoms in total. The maximum absolute atomic E-state index is 5.73. The van der Waals surface area contributed by atoms with Crippen molar-refractivity contribution in [3.8, 4) is 5.69 Å². The van der Waals surface area contributed by atoms with Crippen LogP contribution in [0.3, 0.4) is 0 Å². The number of rotatable bonds is 1. The van der Waals surface area contributed by atoms with E-state index in [-0.39, 0.29) is 0 Å². The quantitative estimate of drug-likeness (QED) is 0.677. The van der Waals surface area contributed by atoms with Crippen LogP contribution < -0.4 is 5.73 Å². The van der Waals surface area contributed by atoms with Gasteiger partial charge in [-0.25, -0.2) is 9.67 Å². The van der Waals surface area contributed by atoms with Gasteiger partial charge in [-0.3, -0.25) is 0 Å². The lowest BCUT2D eigenvalue weighted by Gasteiger charge is -2.04. The predicted molar refractivity (Wildman–Crippen MR) is 77.5 cm³/mol. The molecule has 3 rings (SSSR count). The maximum Gasteiger partial charge on any atom is 0.163 e. The lowest BCUT2D eigenvalue weighted by molar-refractivity contribution is 0.875. The number of aryl methyl sites for hydroxylation is 3. The van der Waals surface area contributed by atoms with E-state index in [0.717, 1.165) is 33.8 Å². The Bertz CT molecular complexity index is 754. The Kier molecular flexibility index (Phi) is 2.52. The fourth-order valence-electron chi connectivity index (χ4n) is 2.46. The number of fused-ring (bicyclic) bond motifs is 1. The molecule has 0 aliphatic heterocycles. The van der Waals surface area contributed by atoms with Crippen molar-refractivity contribution in [2.45, 2.75) is 20.8 Å². The highest BCUT2D eigenvalue weighted by molar-refractivity contribution is 5.83. The molecule has 2 N–H and O–H groups in total. The Morgan fingerprint density at radius 3 is 2.42 bits per heavy atom. The molecule has 0 spiro atoms. The maximum atomic E-state index is 5.73. The van der Waals surface area contributed by atoms with Crippen LogP contribution in [-0.4, -0.2) is 14.8 Å². The zero-order valence-electron chi connectivity index (χ0n) is 11.3. The van der Waals surface area contributed by atoms with Crippen molar-refractivity contribution in [3.05, 3.63) is 47.3 Å². The van der Waals surface area contributed by atoms with Crippen LogP contribution in [-0.2, 0) is 0 Å². The first-order valence-electron chi connectivity index (χ1n) is 6.26. The van der Waals surface area contributed by atoms with Crippen LogP contribution in [0.5, 0.6) is 0 Å². The summed E-state index contributed by atoms with van der Waals surface area (Å²) < 4.78 is 1.88. The van der Waals surface area contributed by atoms with Crippen LogP contribution in [0.15, 0.2) is 30.3 Å². The summed E-state index contributed by atoms with van der Waals surface area (Å²) in [5.74, 6) is 0. The van der Waals surface area contributed by atoms with Gasteiger partial charge in [-0.05, 0) is 56.7 Å². The number of nitrogens with two attached hydrogens (primary N) is 1. The van der Waals surface area contributed by atoms with E-state index in [1.54, 1.807) is 0 Å². The zero-order valence-corrected chi connectivity index (χ0v) is 11.3. The van der Waals surface area contributed by atoms with Gasteiger partial charge in [0.05, 0.1) is 11.4 Å². The minimum atomic E-state index is 0.747. The molecule has 2 aromatic heterocycles. The monoisotopic (exact) mass is 252 g/mol. The summed E-state index contributed by atoms with van der Waals surface area (Å²) in [6, 6.07) is 9.76. The molecule has 19 heavy (non-hydrogen) atoms. The van der Waals surface area contributed by atoms with Crippen molar-refractivity contribution < 1.29 is 0 Å². The third-order valence-corrected chi connectivity index (χ3v) is 3.28. The Morgan fingerprint density at radius 2 is 1.74 bits per heavy atom. The van der Waals surface area contributed by atoms with Gasteiger partial charge in [0.1, 0.15) is 0 Å². The highest BCUT2D eigenvalue weighted by atomic mass is 15.3. The van der Waals surface area contributed by atoms with Crippen LogP contribution in [0, 0.1) is 20.8 Å². The third kappa shape index (κ3) is 1.85. The molecule has 0 radical (unpaired) electrons. The van der Waals surface area contributed by atoms with Gasteiger partial charge >= 0.3 is 0 Å². The third-order valence-electron chi connectivity index (χ3n) is 3.28. The van der Waals surface area contributed by atoms with Crippen LogP contribution in [0.4, 0.5) is 5.69 Å². The molecule has 0 atom stereocenters. The van der Waals surface area contributed by atoms with Gasteiger partial charge < -0.3 is 5.73 Å². The van der Waals surface area contributed by atoms with Crippen molar-refractivity contribution in [1.82, 2.24) is 14.8 Å². The topological polar surface area (TPSA) is 56.7 Å². The van der Waals surface area contributed by atoms with E-state index in [1.807, 2.05) is 42.8 Å². The summed E-state index contributed by atoms with van der Waals surface area (Å²) in [7, 11) is 0. The second-order valence-electron chi connectivity index (χ2n) is 4.87. The summed E-state index contributed by atoms with van der Waals surface area (Å²) in [5, 5.41) is 5.73. The molecular weight excluding hydrogens is 236 g/mol. The van der Waals surface area contributed by atoms with E-state index in [0.29, 0.717) is 0 Å². The van der Waals surface area contributed by atoms with Crippen molar-refractivity contribution in [1.29, 1.82) is 0 Å². The Hall–Kier alpha value is -2.36. The molecule has 0 aliphatic carbocycles. The number of anilines is 1. The van der Waals surface area contributed by atoms with Crippen LogP contribution in [0.1, 0.15) is 17.0 Å². The number of pyridine rings is 1. The normalized spacial score (nSPS) is 11.1. The molecule has 0 fully saturated rings. The van der Waals surface area contributed by atoms with E-state index in [9.17, 15) is 0 Å². The lowest BCUT2D eigenvalue weighted by atomic mass is 10.1. The average molecular weight is 252 g/mol. The van der Waals surface area contributed by atoms with E-state index in [1.165, 1.54) is 5.56 Å².